The first-order valence-corrected chi connectivity index (χ1v) is 6.13. The Labute approximate surface area is 110 Å². The Hall–Kier alpha value is -0.320. The largest absolute Gasteiger partial charge is 0.385 e. The Morgan fingerprint density at radius 1 is 1.53 bits per heavy atom. The molecule has 102 valence electrons. The number of nitrogens with two attached hydrogens (primary N) is 1. The number of ether oxygens (including phenoxy) is 1. The number of halogens is 1. The number of amides is 1. The van der Waals surface area contributed by atoms with Crippen molar-refractivity contribution in [1.82, 2.24) is 5.32 Å². The summed E-state index contributed by atoms with van der Waals surface area (Å²) in [4.78, 5) is 12.0. The molecule has 5 heteroatoms. The van der Waals surface area contributed by atoms with Gasteiger partial charge in [0.25, 0.3) is 0 Å². The number of hydrogen-bond acceptors (Lipinski definition) is 3. The molecule has 1 aliphatic rings. The van der Waals surface area contributed by atoms with E-state index in [-0.39, 0.29) is 29.8 Å². The van der Waals surface area contributed by atoms with Crippen LogP contribution in [0.5, 0.6) is 0 Å². The van der Waals surface area contributed by atoms with E-state index in [1.54, 1.807) is 7.11 Å². The smallest absolute Gasteiger partial charge is 0.226 e. The third-order valence-corrected chi connectivity index (χ3v) is 3.46. The van der Waals surface area contributed by atoms with Crippen molar-refractivity contribution < 1.29 is 9.53 Å². The fourth-order valence-electron chi connectivity index (χ4n) is 2.09. The second-order valence-corrected chi connectivity index (χ2v) is 4.90. The number of hydrogen-bond donors (Lipinski definition) is 2. The van der Waals surface area contributed by atoms with Crippen LogP contribution in [-0.4, -0.2) is 32.2 Å². The molecule has 0 aromatic heterocycles. The van der Waals surface area contributed by atoms with Gasteiger partial charge in [-0.15, -0.1) is 12.4 Å². The minimum absolute atomic E-state index is 0. The van der Waals surface area contributed by atoms with E-state index in [1.807, 2.05) is 6.92 Å². The van der Waals surface area contributed by atoms with E-state index in [0.29, 0.717) is 13.2 Å². The normalized spacial score (nSPS) is 18.8. The fraction of sp³-hybridized carbons (Fsp3) is 0.917. The molecular formula is C12H25ClN2O2. The molecule has 0 heterocycles. The lowest BCUT2D eigenvalue weighted by Gasteiger charge is -2.40. The van der Waals surface area contributed by atoms with Crippen molar-refractivity contribution in [3.63, 3.8) is 0 Å². The molecule has 4 nitrogen and oxygen atoms in total. The molecule has 0 spiro atoms. The summed E-state index contributed by atoms with van der Waals surface area (Å²) in [6.45, 7) is 3.31. The van der Waals surface area contributed by atoms with Gasteiger partial charge in [-0.25, -0.2) is 0 Å². The summed E-state index contributed by atoms with van der Waals surface area (Å²) in [5, 5.41) is 2.99. The molecule has 1 rings (SSSR count). The maximum atomic E-state index is 12.0. The molecule has 1 aliphatic carbocycles. The summed E-state index contributed by atoms with van der Waals surface area (Å²) >= 11 is 0. The lowest BCUT2D eigenvalue weighted by molar-refractivity contribution is -0.137. The molecule has 0 bridgehead atoms. The molecular weight excluding hydrogens is 240 g/mol. The van der Waals surface area contributed by atoms with E-state index in [9.17, 15) is 4.79 Å². The van der Waals surface area contributed by atoms with Crippen molar-refractivity contribution in [3.05, 3.63) is 0 Å². The molecule has 0 aromatic carbocycles. The van der Waals surface area contributed by atoms with Gasteiger partial charge in [-0.1, -0.05) is 6.42 Å². The highest BCUT2D eigenvalue weighted by Gasteiger charge is 2.43. The van der Waals surface area contributed by atoms with E-state index < -0.39 is 0 Å². The SMILES string of the molecule is COCCC1(C(=O)NCCC(C)N)CCC1.Cl. The van der Waals surface area contributed by atoms with Gasteiger partial charge in [-0.3, -0.25) is 4.79 Å². The number of carbonyl (C=O) groups is 1. The van der Waals surface area contributed by atoms with Gasteiger partial charge in [0, 0.05) is 26.3 Å². The highest BCUT2D eigenvalue weighted by molar-refractivity contribution is 5.85. The molecule has 3 N–H and O–H groups in total. The van der Waals surface area contributed by atoms with Crippen LogP contribution in [0, 0.1) is 5.41 Å². The van der Waals surface area contributed by atoms with Gasteiger partial charge in [-0.2, -0.15) is 0 Å². The van der Waals surface area contributed by atoms with Gasteiger partial charge in [0.05, 0.1) is 5.41 Å². The van der Waals surface area contributed by atoms with E-state index in [2.05, 4.69) is 5.32 Å². The Kier molecular flexibility index (Phi) is 7.75. The molecule has 0 aromatic rings. The molecule has 1 fully saturated rings. The number of carbonyl (C=O) groups excluding carboxylic acids is 1. The zero-order valence-corrected chi connectivity index (χ0v) is 11.6. The lowest BCUT2D eigenvalue weighted by atomic mass is 9.66. The average Bonchev–Trinajstić information content (AvgIpc) is 2.15. The predicted octanol–water partition coefficient (Wildman–Crippen LogP) is 1.47. The topological polar surface area (TPSA) is 64.3 Å². The van der Waals surface area contributed by atoms with Crippen LogP contribution in [0.2, 0.25) is 0 Å². The van der Waals surface area contributed by atoms with Gasteiger partial charge in [0.15, 0.2) is 0 Å². The fourth-order valence-corrected chi connectivity index (χ4v) is 2.09. The predicted molar refractivity (Wildman–Crippen MR) is 71.3 cm³/mol. The highest BCUT2D eigenvalue weighted by Crippen LogP contribution is 2.44. The average molecular weight is 265 g/mol. The number of methoxy groups -OCH3 is 1. The zero-order valence-electron chi connectivity index (χ0n) is 10.8. The molecule has 0 aliphatic heterocycles. The van der Waals surface area contributed by atoms with Crippen molar-refractivity contribution in [2.75, 3.05) is 20.3 Å². The third-order valence-electron chi connectivity index (χ3n) is 3.46. The second kappa shape index (κ2) is 7.90. The van der Waals surface area contributed by atoms with Crippen LogP contribution in [0.1, 0.15) is 39.0 Å². The Bertz CT molecular complexity index is 231. The van der Waals surface area contributed by atoms with Crippen LogP contribution in [0.15, 0.2) is 0 Å². The van der Waals surface area contributed by atoms with E-state index in [0.717, 1.165) is 32.1 Å². The van der Waals surface area contributed by atoms with E-state index in [4.69, 9.17) is 10.5 Å². The summed E-state index contributed by atoms with van der Waals surface area (Å²) < 4.78 is 5.07. The standard InChI is InChI=1S/C12H24N2O2.ClH/c1-10(13)4-8-14-11(15)12(5-3-6-12)7-9-16-2;/h10H,3-9,13H2,1-2H3,(H,14,15);1H. The number of rotatable bonds is 7. The number of nitrogens with one attached hydrogen (secondary N) is 1. The summed E-state index contributed by atoms with van der Waals surface area (Å²) in [7, 11) is 1.68. The van der Waals surface area contributed by atoms with E-state index in [1.165, 1.54) is 0 Å². The zero-order chi connectivity index (χ0) is 12.0. The van der Waals surface area contributed by atoms with Gasteiger partial charge < -0.3 is 15.8 Å². The quantitative estimate of drug-likeness (QED) is 0.732. The maximum absolute atomic E-state index is 12.0. The minimum atomic E-state index is -0.145. The maximum Gasteiger partial charge on any atom is 0.226 e. The first-order chi connectivity index (χ1) is 7.60. The van der Waals surface area contributed by atoms with Crippen LogP contribution in [0.4, 0.5) is 0 Å². The van der Waals surface area contributed by atoms with Crippen LogP contribution in [-0.2, 0) is 9.53 Å². The van der Waals surface area contributed by atoms with E-state index >= 15 is 0 Å². The van der Waals surface area contributed by atoms with Crippen LogP contribution < -0.4 is 11.1 Å². The van der Waals surface area contributed by atoms with Crippen molar-refractivity contribution in [2.24, 2.45) is 11.1 Å². The van der Waals surface area contributed by atoms with Crippen molar-refractivity contribution in [3.8, 4) is 0 Å². The molecule has 0 saturated heterocycles. The first-order valence-electron chi connectivity index (χ1n) is 6.13. The Balaban J connectivity index is 0.00000256. The first kappa shape index (κ1) is 16.7. The van der Waals surface area contributed by atoms with Crippen LogP contribution >= 0.6 is 12.4 Å². The Morgan fingerprint density at radius 2 is 2.18 bits per heavy atom. The molecule has 1 unspecified atom stereocenters. The molecule has 0 radical (unpaired) electrons. The minimum Gasteiger partial charge on any atom is -0.385 e. The van der Waals surface area contributed by atoms with Crippen molar-refractivity contribution in [2.45, 2.75) is 45.1 Å². The van der Waals surface area contributed by atoms with Gasteiger partial charge >= 0.3 is 0 Å². The Morgan fingerprint density at radius 3 is 2.59 bits per heavy atom. The third kappa shape index (κ3) is 4.82. The van der Waals surface area contributed by atoms with Crippen LogP contribution in [0.3, 0.4) is 0 Å². The van der Waals surface area contributed by atoms with Gasteiger partial charge in [-0.05, 0) is 32.6 Å². The van der Waals surface area contributed by atoms with Gasteiger partial charge in [0.1, 0.15) is 0 Å². The van der Waals surface area contributed by atoms with Crippen molar-refractivity contribution >= 4 is 18.3 Å². The highest BCUT2D eigenvalue weighted by atomic mass is 35.5. The van der Waals surface area contributed by atoms with Crippen molar-refractivity contribution in [1.29, 1.82) is 0 Å². The van der Waals surface area contributed by atoms with Crippen LogP contribution in [0.25, 0.3) is 0 Å². The second-order valence-electron chi connectivity index (χ2n) is 4.90. The summed E-state index contributed by atoms with van der Waals surface area (Å²) in [5.74, 6) is 0.191. The summed E-state index contributed by atoms with van der Waals surface area (Å²) in [6, 6.07) is 0.150. The molecule has 1 saturated carbocycles. The molecule has 1 amide bonds. The monoisotopic (exact) mass is 264 g/mol. The van der Waals surface area contributed by atoms with Gasteiger partial charge in [0.2, 0.25) is 5.91 Å². The summed E-state index contributed by atoms with van der Waals surface area (Å²) in [5.41, 5.74) is 5.50. The molecule has 1 atom stereocenters. The lowest BCUT2D eigenvalue weighted by Crippen LogP contribution is -2.47. The molecule has 17 heavy (non-hydrogen) atoms. The summed E-state index contributed by atoms with van der Waals surface area (Å²) in [6.07, 6.45) is 4.84.